The lowest BCUT2D eigenvalue weighted by molar-refractivity contribution is 0.0215. The molecule has 0 radical (unpaired) electrons. The van der Waals surface area contributed by atoms with Gasteiger partial charge in [0.25, 0.3) is 0 Å². The summed E-state index contributed by atoms with van der Waals surface area (Å²) < 4.78 is 5.46. The molecule has 7 nitrogen and oxygen atoms in total. The summed E-state index contributed by atoms with van der Waals surface area (Å²) in [6.07, 6.45) is 3.24. The van der Waals surface area contributed by atoms with E-state index in [-0.39, 0.29) is 18.6 Å². The summed E-state index contributed by atoms with van der Waals surface area (Å²) in [5.74, 6) is 0.724. The van der Waals surface area contributed by atoms with E-state index in [1.807, 2.05) is 31.7 Å². The lowest BCUT2D eigenvalue weighted by Crippen LogP contribution is -2.55. The lowest BCUT2D eigenvalue weighted by atomic mass is 10.1. The van der Waals surface area contributed by atoms with Crippen LogP contribution in [0.4, 0.5) is 10.6 Å². The van der Waals surface area contributed by atoms with Crippen LogP contribution in [0.3, 0.4) is 0 Å². The van der Waals surface area contributed by atoms with Crippen molar-refractivity contribution in [2.45, 2.75) is 38.8 Å². The zero-order chi connectivity index (χ0) is 19.6. The molecular formula is C19H22ClN5O2. The molecular weight excluding hydrogens is 366 g/mol. The molecule has 0 spiro atoms. The average molecular weight is 388 g/mol. The number of piperazine rings is 1. The number of carbonyl (C=O) groups excluding carboxylic acids is 1. The molecule has 1 fully saturated rings. The van der Waals surface area contributed by atoms with Crippen LogP contribution in [0.15, 0.2) is 24.5 Å². The molecule has 8 heteroatoms. The molecule has 2 aromatic heterocycles. The first kappa shape index (κ1) is 19.2. The van der Waals surface area contributed by atoms with E-state index in [1.54, 1.807) is 23.4 Å². The molecule has 1 aliphatic rings. The van der Waals surface area contributed by atoms with Gasteiger partial charge in [-0.05, 0) is 32.9 Å². The monoisotopic (exact) mass is 387 g/mol. The second-order valence-corrected chi connectivity index (χ2v) is 7.90. The van der Waals surface area contributed by atoms with Crippen molar-refractivity contribution in [1.82, 2.24) is 14.9 Å². The molecule has 0 saturated carbocycles. The van der Waals surface area contributed by atoms with Gasteiger partial charge in [0.15, 0.2) is 0 Å². The van der Waals surface area contributed by atoms with Gasteiger partial charge in [0.1, 0.15) is 11.4 Å². The molecule has 0 aliphatic carbocycles. The van der Waals surface area contributed by atoms with Gasteiger partial charge in [0.05, 0.1) is 35.3 Å². The number of ether oxygens (including phenoxy) is 1. The number of carbonyl (C=O) groups is 1. The Hall–Kier alpha value is -2.59. The van der Waals surface area contributed by atoms with Crippen molar-refractivity contribution in [2.75, 3.05) is 24.5 Å². The van der Waals surface area contributed by atoms with Crippen LogP contribution in [-0.4, -0.2) is 52.2 Å². The van der Waals surface area contributed by atoms with Crippen LogP contribution < -0.4 is 4.90 Å². The number of fused-ring (bicyclic) bond motifs is 1. The van der Waals surface area contributed by atoms with Gasteiger partial charge in [0, 0.05) is 31.2 Å². The SMILES string of the molecule is CC(C)(C)OC(=O)N1CCN(c2cc3c(Cl)ccnc3cn2)[C@@H](CC#N)C1. The number of anilines is 1. The second-order valence-electron chi connectivity index (χ2n) is 7.49. The number of halogens is 1. The number of amides is 1. The first-order valence-electron chi connectivity index (χ1n) is 8.80. The van der Waals surface area contributed by atoms with E-state index < -0.39 is 5.60 Å². The maximum atomic E-state index is 12.4. The van der Waals surface area contributed by atoms with Crippen LogP contribution in [0.2, 0.25) is 5.02 Å². The normalized spacial score (nSPS) is 17.7. The minimum atomic E-state index is -0.553. The van der Waals surface area contributed by atoms with Crippen LogP contribution in [0.1, 0.15) is 27.2 Å². The average Bonchev–Trinajstić information content (AvgIpc) is 2.61. The maximum absolute atomic E-state index is 12.4. The van der Waals surface area contributed by atoms with Crippen LogP contribution in [0.25, 0.3) is 10.9 Å². The minimum Gasteiger partial charge on any atom is -0.444 e. The van der Waals surface area contributed by atoms with Crippen molar-refractivity contribution in [3.05, 3.63) is 29.5 Å². The largest absolute Gasteiger partial charge is 0.444 e. The van der Waals surface area contributed by atoms with Crippen LogP contribution in [-0.2, 0) is 4.74 Å². The van der Waals surface area contributed by atoms with E-state index in [4.69, 9.17) is 16.3 Å². The van der Waals surface area contributed by atoms with Crippen molar-refractivity contribution >= 4 is 34.4 Å². The third-order valence-corrected chi connectivity index (χ3v) is 4.65. The molecule has 0 unspecified atom stereocenters. The van der Waals surface area contributed by atoms with Crippen LogP contribution in [0.5, 0.6) is 0 Å². The molecule has 3 heterocycles. The summed E-state index contributed by atoms with van der Waals surface area (Å²) in [5.41, 5.74) is 0.165. The molecule has 27 heavy (non-hydrogen) atoms. The fourth-order valence-corrected chi connectivity index (χ4v) is 3.30. The Labute approximate surface area is 163 Å². The number of hydrogen-bond donors (Lipinski definition) is 0. The highest BCUT2D eigenvalue weighted by molar-refractivity contribution is 6.35. The van der Waals surface area contributed by atoms with E-state index in [0.717, 1.165) is 16.7 Å². The molecule has 1 aliphatic heterocycles. The van der Waals surface area contributed by atoms with Gasteiger partial charge in [-0.2, -0.15) is 5.26 Å². The predicted molar refractivity (Wildman–Crippen MR) is 104 cm³/mol. The van der Waals surface area contributed by atoms with Gasteiger partial charge in [0.2, 0.25) is 0 Å². The third-order valence-electron chi connectivity index (χ3n) is 4.32. The van der Waals surface area contributed by atoms with E-state index >= 15 is 0 Å². The lowest BCUT2D eigenvalue weighted by Gasteiger charge is -2.41. The Balaban J connectivity index is 1.83. The summed E-state index contributed by atoms with van der Waals surface area (Å²) in [5, 5.41) is 10.7. The molecule has 0 N–H and O–H groups in total. The second kappa shape index (κ2) is 7.57. The molecule has 0 aromatic carbocycles. The number of pyridine rings is 2. The zero-order valence-electron chi connectivity index (χ0n) is 15.6. The summed E-state index contributed by atoms with van der Waals surface area (Å²) >= 11 is 6.28. The fraction of sp³-hybridized carbons (Fsp3) is 0.474. The van der Waals surface area contributed by atoms with Gasteiger partial charge >= 0.3 is 6.09 Å². The first-order chi connectivity index (χ1) is 12.8. The number of hydrogen-bond acceptors (Lipinski definition) is 6. The number of aromatic nitrogens is 2. The molecule has 142 valence electrons. The van der Waals surface area contributed by atoms with Crippen molar-refractivity contribution in [3.8, 4) is 6.07 Å². The van der Waals surface area contributed by atoms with Crippen molar-refractivity contribution in [2.24, 2.45) is 0 Å². The standard InChI is InChI=1S/C19H22ClN5O2/c1-19(2,3)27-18(26)24-8-9-25(13(12-24)4-6-21)17-10-14-15(20)5-7-22-16(14)11-23-17/h5,7,10-11,13H,4,8-9,12H2,1-3H3/t13-/m0/s1. The smallest absolute Gasteiger partial charge is 0.410 e. The van der Waals surface area contributed by atoms with Gasteiger partial charge in [-0.3, -0.25) is 4.98 Å². The van der Waals surface area contributed by atoms with E-state index in [2.05, 4.69) is 16.0 Å². The predicted octanol–water partition coefficient (Wildman–Crippen LogP) is 3.62. The summed E-state index contributed by atoms with van der Waals surface area (Å²) in [7, 11) is 0. The maximum Gasteiger partial charge on any atom is 0.410 e. The zero-order valence-corrected chi connectivity index (χ0v) is 16.4. The Morgan fingerprint density at radius 3 is 2.89 bits per heavy atom. The molecule has 0 bridgehead atoms. The summed E-state index contributed by atoms with van der Waals surface area (Å²) in [6, 6.07) is 5.66. The Kier molecular flexibility index (Phi) is 5.38. The Morgan fingerprint density at radius 2 is 2.19 bits per heavy atom. The fourth-order valence-electron chi connectivity index (χ4n) is 3.09. The van der Waals surface area contributed by atoms with Crippen molar-refractivity contribution in [3.63, 3.8) is 0 Å². The van der Waals surface area contributed by atoms with E-state index in [9.17, 15) is 10.1 Å². The van der Waals surface area contributed by atoms with Crippen molar-refractivity contribution in [1.29, 1.82) is 5.26 Å². The van der Waals surface area contributed by atoms with Gasteiger partial charge in [-0.25, -0.2) is 9.78 Å². The Bertz CT molecular complexity index is 890. The molecule has 2 aromatic rings. The third kappa shape index (κ3) is 4.40. The number of nitriles is 1. The van der Waals surface area contributed by atoms with Gasteiger partial charge in [-0.1, -0.05) is 11.6 Å². The quantitative estimate of drug-likeness (QED) is 0.782. The Morgan fingerprint density at radius 1 is 1.41 bits per heavy atom. The molecule has 3 rings (SSSR count). The van der Waals surface area contributed by atoms with Crippen molar-refractivity contribution < 1.29 is 9.53 Å². The van der Waals surface area contributed by atoms with E-state index in [1.165, 1.54) is 0 Å². The molecule has 1 atom stereocenters. The highest BCUT2D eigenvalue weighted by Crippen LogP contribution is 2.27. The topological polar surface area (TPSA) is 82.3 Å². The van der Waals surface area contributed by atoms with Crippen LogP contribution >= 0.6 is 11.6 Å². The highest BCUT2D eigenvalue weighted by Gasteiger charge is 2.32. The number of rotatable bonds is 2. The summed E-state index contributed by atoms with van der Waals surface area (Å²) in [4.78, 5) is 24.8. The minimum absolute atomic E-state index is 0.170. The van der Waals surface area contributed by atoms with Gasteiger partial charge in [-0.15, -0.1) is 0 Å². The summed E-state index contributed by atoms with van der Waals surface area (Å²) in [6.45, 7) is 6.97. The first-order valence-corrected chi connectivity index (χ1v) is 9.18. The van der Waals surface area contributed by atoms with Crippen LogP contribution in [0, 0.1) is 11.3 Å². The van der Waals surface area contributed by atoms with Gasteiger partial charge < -0.3 is 14.5 Å². The number of nitrogens with zero attached hydrogens (tertiary/aromatic N) is 5. The molecule has 1 amide bonds. The van der Waals surface area contributed by atoms with E-state index in [0.29, 0.717) is 24.7 Å². The molecule has 1 saturated heterocycles. The highest BCUT2D eigenvalue weighted by atomic mass is 35.5.